The van der Waals surface area contributed by atoms with Gasteiger partial charge in [0, 0.05) is 24.3 Å². The third-order valence-corrected chi connectivity index (χ3v) is 3.49. The predicted molar refractivity (Wildman–Crippen MR) is 93.1 cm³/mol. The minimum atomic E-state index is 0.0739. The maximum Gasteiger partial charge on any atom is 0.253 e. The molecule has 2 N–H and O–H groups in total. The molecule has 0 aliphatic rings. The lowest BCUT2D eigenvalue weighted by atomic mass is 10.1. The van der Waals surface area contributed by atoms with Crippen LogP contribution in [0.1, 0.15) is 23.2 Å². The smallest absolute Gasteiger partial charge is 0.253 e. The lowest BCUT2D eigenvalue weighted by Crippen LogP contribution is -2.35. The second kappa shape index (κ2) is 9.43. The van der Waals surface area contributed by atoms with Gasteiger partial charge >= 0.3 is 0 Å². The molecule has 0 fully saturated rings. The van der Waals surface area contributed by atoms with E-state index in [0.29, 0.717) is 11.3 Å². The average molecular weight is 306 g/mol. The first-order chi connectivity index (χ1) is 10.4. The van der Waals surface area contributed by atoms with E-state index in [4.69, 9.17) is 5.73 Å². The second-order valence-corrected chi connectivity index (χ2v) is 6.23. The van der Waals surface area contributed by atoms with Crippen molar-refractivity contribution < 1.29 is 4.79 Å². The summed E-state index contributed by atoms with van der Waals surface area (Å²) in [5.74, 6) is 0.0739. The zero-order chi connectivity index (χ0) is 16.5. The van der Waals surface area contributed by atoms with Crippen LogP contribution in [0.3, 0.4) is 0 Å². The maximum atomic E-state index is 12.7. The SMILES string of the molecule is CN(C)CCCN(CCCN(C)C)C(=O)c1cccc(N)c1. The van der Waals surface area contributed by atoms with Gasteiger partial charge in [-0.2, -0.15) is 0 Å². The summed E-state index contributed by atoms with van der Waals surface area (Å²) < 4.78 is 0. The number of rotatable bonds is 9. The second-order valence-electron chi connectivity index (χ2n) is 6.23. The highest BCUT2D eigenvalue weighted by Gasteiger charge is 2.15. The Bertz CT molecular complexity index is 446. The van der Waals surface area contributed by atoms with E-state index in [-0.39, 0.29) is 5.91 Å². The van der Waals surface area contributed by atoms with Crippen LogP contribution in [0, 0.1) is 0 Å². The summed E-state index contributed by atoms with van der Waals surface area (Å²) in [4.78, 5) is 18.9. The van der Waals surface area contributed by atoms with Crippen LogP contribution < -0.4 is 5.73 Å². The number of nitrogen functional groups attached to an aromatic ring is 1. The van der Waals surface area contributed by atoms with Crippen molar-refractivity contribution in [2.75, 3.05) is 60.1 Å². The first-order valence-electron chi connectivity index (χ1n) is 7.84. The standard InChI is InChI=1S/C17H30N4O/c1-19(2)10-6-12-21(13-7-11-20(3)4)17(22)15-8-5-9-16(18)14-15/h5,8-9,14H,6-7,10-13,18H2,1-4H3. The Morgan fingerprint density at radius 3 is 1.95 bits per heavy atom. The van der Waals surface area contributed by atoms with Gasteiger partial charge in [0.2, 0.25) is 0 Å². The molecule has 1 aromatic carbocycles. The summed E-state index contributed by atoms with van der Waals surface area (Å²) in [6, 6.07) is 7.23. The lowest BCUT2D eigenvalue weighted by molar-refractivity contribution is 0.0744. The molecule has 5 nitrogen and oxygen atoms in total. The van der Waals surface area contributed by atoms with E-state index >= 15 is 0 Å². The van der Waals surface area contributed by atoms with Gasteiger partial charge in [-0.05, 0) is 72.3 Å². The Morgan fingerprint density at radius 2 is 1.50 bits per heavy atom. The molecule has 22 heavy (non-hydrogen) atoms. The molecule has 0 heterocycles. The molecule has 0 bridgehead atoms. The Kier molecular flexibility index (Phi) is 7.91. The Balaban J connectivity index is 2.67. The highest BCUT2D eigenvalue weighted by atomic mass is 16.2. The predicted octanol–water partition coefficient (Wildman–Crippen LogP) is 1.61. The van der Waals surface area contributed by atoms with Gasteiger partial charge in [0.15, 0.2) is 0 Å². The van der Waals surface area contributed by atoms with Crippen molar-refractivity contribution in [2.24, 2.45) is 0 Å². The van der Waals surface area contributed by atoms with E-state index in [2.05, 4.69) is 38.0 Å². The molecule has 0 saturated carbocycles. The van der Waals surface area contributed by atoms with Crippen molar-refractivity contribution in [3.05, 3.63) is 29.8 Å². The molecule has 1 rings (SSSR count). The Morgan fingerprint density at radius 1 is 0.955 bits per heavy atom. The van der Waals surface area contributed by atoms with Crippen molar-refractivity contribution >= 4 is 11.6 Å². The van der Waals surface area contributed by atoms with Crippen molar-refractivity contribution in [3.8, 4) is 0 Å². The minimum Gasteiger partial charge on any atom is -0.399 e. The highest BCUT2D eigenvalue weighted by Crippen LogP contribution is 2.11. The Labute approximate surface area is 134 Å². The van der Waals surface area contributed by atoms with Gasteiger partial charge < -0.3 is 20.4 Å². The largest absolute Gasteiger partial charge is 0.399 e. The molecule has 0 unspecified atom stereocenters. The van der Waals surface area contributed by atoms with Gasteiger partial charge in [-0.1, -0.05) is 6.07 Å². The summed E-state index contributed by atoms with van der Waals surface area (Å²) in [6.45, 7) is 3.52. The number of hydrogen-bond acceptors (Lipinski definition) is 4. The van der Waals surface area contributed by atoms with Crippen molar-refractivity contribution in [2.45, 2.75) is 12.8 Å². The number of anilines is 1. The van der Waals surface area contributed by atoms with Crippen molar-refractivity contribution in [1.82, 2.24) is 14.7 Å². The van der Waals surface area contributed by atoms with Crippen LogP contribution in [0.25, 0.3) is 0 Å². The first-order valence-corrected chi connectivity index (χ1v) is 7.84. The van der Waals surface area contributed by atoms with Gasteiger partial charge in [-0.15, -0.1) is 0 Å². The van der Waals surface area contributed by atoms with Crippen molar-refractivity contribution in [1.29, 1.82) is 0 Å². The van der Waals surface area contributed by atoms with E-state index in [9.17, 15) is 4.79 Å². The molecule has 0 aliphatic heterocycles. The molecule has 0 aromatic heterocycles. The zero-order valence-electron chi connectivity index (χ0n) is 14.4. The monoisotopic (exact) mass is 306 g/mol. The van der Waals surface area contributed by atoms with Gasteiger partial charge in [0.25, 0.3) is 5.91 Å². The first kappa shape index (κ1) is 18.5. The van der Waals surface area contributed by atoms with Crippen LogP contribution in [0.15, 0.2) is 24.3 Å². The molecular formula is C17H30N4O. The summed E-state index contributed by atoms with van der Waals surface area (Å²) in [7, 11) is 8.21. The van der Waals surface area contributed by atoms with Gasteiger partial charge in [0.1, 0.15) is 0 Å². The van der Waals surface area contributed by atoms with Gasteiger partial charge in [0.05, 0.1) is 0 Å². The average Bonchev–Trinajstić information content (AvgIpc) is 2.44. The van der Waals surface area contributed by atoms with E-state index in [1.54, 1.807) is 12.1 Å². The molecule has 0 radical (unpaired) electrons. The molecule has 0 saturated heterocycles. The molecule has 0 aliphatic carbocycles. The van der Waals surface area contributed by atoms with E-state index in [1.165, 1.54) is 0 Å². The molecule has 0 atom stereocenters. The zero-order valence-corrected chi connectivity index (χ0v) is 14.4. The number of hydrogen-bond donors (Lipinski definition) is 1. The number of carbonyl (C=O) groups is 1. The van der Waals surface area contributed by atoms with Gasteiger partial charge in [-0.3, -0.25) is 4.79 Å². The molecule has 1 aromatic rings. The van der Waals surface area contributed by atoms with Crippen molar-refractivity contribution in [3.63, 3.8) is 0 Å². The maximum absolute atomic E-state index is 12.7. The molecule has 5 heteroatoms. The molecule has 0 spiro atoms. The number of benzene rings is 1. The van der Waals surface area contributed by atoms with Gasteiger partial charge in [-0.25, -0.2) is 0 Å². The third kappa shape index (κ3) is 6.91. The van der Waals surface area contributed by atoms with Crippen LogP contribution in [-0.2, 0) is 0 Å². The summed E-state index contributed by atoms with van der Waals surface area (Å²) >= 11 is 0. The molecule has 124 valence electrons. The number of carbonyl (C=O) groups excluding carboxylic acids is 1. The van der Waals surface area contributed by atoms with E-state index < -0.39 is 0 Å². The van der Waals surface area contributed by atoms with Crippen LogP contribution in [0.4, 0.5) is 5.69 Å². The minimum absolute atomic E-state index is 0.0739. The number of nitrogens with two attached hydrogens (primary N) is 1. The summed E-state index contributed by atoms with van der Waals surface area (Å²) in [5, 5.41) is 0. The fraction of sp³-hybridized carbons (Fsp3) is 0.588. The number of amides is 1. The summed E-state index contributed by atoms with van der Waals surface area (Å²) in [5.41, 5.74) is 7.10. The fourth-order valence-corrected chi connectivity index (χ4v) is 2.32. The Hall–Kier alpha value is -1.59. The quantitative estimate of drug-likeness (QED) is 0.704. The fourth-order valence-electron chi connectivity index (χ4n) is 2.32. The topological polar surface area (TPSA) is 52.8 Å². The number of nitrogens with zero attached hydrogens (tertiary/aromatic N) is 3. The highest BCUT2D eigenvalue weighted by molar-refractivity contribution is 5.95. The lowest BCUT2D eigenvalue weighted by Gasteiger charge is -2.24. The van der Waals surface area contributed by atoms with Crippen LogP contribution >= 0.6 is 0 Å². The third-order valence-electron chi connectivity index (χ3n) is 3.49. The molecular weight excluding hydrogens is 276 g/mol. The van der Waals surface area contributed by atoms with E-state index in [1.807, 2.05) is 17.0 Å². The molecule has 1 amide bonds. The van der Waals surface area contributed by atoms with Crippen LogP contribution in [0.2, 0.25) is 0 Å². The van der Waals surface area contributed by atoms with Crippen LogP contribution in [0.5, 0.6) is 0 Å². The normalized spacial score (nSPS) is 11.2. The van der Waals surface area contributed by atoms with Crippen LogP contribution in [-0.4, -0.2) is 75.0 Å². The van der Waals surface area contributed by atoms with E-state index in [0.717, 1.165) is 39.0 Å². The summed E-state index contributed by atoms with van der Waals surface area (Å²) in [6.07, 6.45) is 1.95.